The lowest BCUT2D eigenvalue weighted by Gasteiger charge is -2.10. The molecule has 0 aliphatic carbocycles. The zero-order chi connectivity index (χ0) is 21.2. The molecule has 0 atom stereocenters. The van der Waals surface area contributed by atoms with Crippen molar-refractivity contribution in [1.82, 2.24) is 5.32 Å². The molecule has 6 heteroatoms. The Labute approximate surface area is 176 Å². The van der Waals surface area contributed by atoms with E-state index in [1.54, 1.807) is 7.11 Å². The number of carbonyl (C=O) groups is 1. The fourth-order valence-corrected chi connectivity index (χ4v) is 2.80. The standard InChI is InChI=1S/C24H23N3O3/c1-29-22-9-7-19(8-10-22)16-26-24(28)27-21-4-2-3-20(15-21)17-30-23-11-5-18(6-12-23)13-14-25/h2-12,15H,13,16-17H2,1H3,(H2,26,27,28). The molecular weight excluding hydrogens is 378 g/mol. The summed E-state index contributed by atoms with van der Waals surface area (Å²) in [5, 5.41) is 14.4. The van der Waals surface area contributed by atoms with Gasteiger partial charge in [0.15, 0.2) is 0 Å². The van der Waals surface area contributed by atoms with E-state index in [1.807, 2.05) is 72.8 Å². The van der Waals surface area contributed by atoms with Gasteiger partial charge in [0.2, 0.25) is 0 Å². The highest BCUT2D eigenvalue weighted by atomic mass is 16.5. The molecule has 0 spiro atoms. The van der Waals surface area contributed by atoms with Crippen LogP contribution in [0.1, 0.15) is 16.7 Å². The lowest BCUT2D eigenvalue weighted by atomic mass is 10.1. The third kappa shape index (κ3) is 6.28. The van der Waals surface area contributed by atoms with Gasteiger partial charge in [-0.15, -0.1) is 0 Å². The van der Waals surface area contributed by atoms with Crippen molar-refractivity contribution in [2.24, 2.45) is 0 Å². The van der Waals surface area contributed by atoms with Gasteiger partial charge in [0.1, 0.15) is 18.1 Å². The fourth-order valence-electron chi connectivity index (χ4n) is 2.80. The van der Waals surface area contributed by atoms with Crippen LogP contribution < -0.4 is 20.1 Å². The van der Waals surface area contributed by atoms with Gasteiger partial charge in [-0.1, -0.05) is 36.4 Å². The largest absolute Gasteiger partial charge is 0.497 e. The lowest BCUT2D eigenvalue weighted by Crippen LogP contribution is -2.28. The molecule has 0 radical (unpaired) electrons. The van der Waals surface area contributed by atoms with Crippen molar-refractivity contribution in [2.75, 3.05) is 12.4 Å². The first-order valence-corrected chi connectivity index (χ1v) is 9.51. The quantitative estimate of drug-likeness (QED) is 0.575. The minimum absolute atomic E-state index is 0.281. The van der Waals surface area contributed by atoms with E-state index >= 15 is 0 Å². The molecule has 2 N–H and O–H groups in total. The number of rotatable bonds is 8. The maximum absolute atomic E-state index is 12.2. The van der Waals surface area contributed by atoms with Gasteiger partial charge >= 0.3 is 6.03 Å². The van der Waals surface area contributed by atoms with Crippen LogP contribution >= 0.6 is 0 Å². The number of hydrogen-bond donors (Lipinski definition) is 2. The Balaban J connectivity index is 1.49. The maximum atomic E-state index is 12.2. The topological polar surface area (TPSA) is 83.4 Å². The Bertz CT molecular complexity index is 1010. The Hall–Kier alpha value is -3.98. The van der Waals surface area contributed by atoms with E-state index in [0.717, 1.165) is 28.2 Å². The molecule has 0 heterocycles. The highest BCUT2D eigenvalue weighted by Gasteiger charge is 2.04. The number of amides is 2. The molecule has 0 saturated carbocycles. The molecule has 3 aromatic rings. The van der Waals surface area contributed by atoms with E-state index in [4.69, 9.17) is 14.7 Å². The molecule has 0 unspecified atom stereocenters. The summed E-state index contributed by atoms with van der Waals surface area (Å²) in [4.78, 5) is 12.2. The van der Waals surface area contributed by atoms with Gasteiger partial charge in [-0.3, -0.25) is 0 Å². The van der Waals surface area contributed by atoms with Crippen LogP contribution in [0, 0.1) is 11.3 Å². The summed E-state index contributed by atoms with van der Waals surface area (Å²) >= 11 is 0. The van der Waals surface area contributed by atoms with Crippen molar-refractivity contribution in [3.63, 3.8) is 0 Å². The minimum atomic E-state index is -0.281. The molecule has 152 valence electrons. The molecule has 0 aliphatic rings. The van der Waals surface area contributed by atoms with Crippen LogP contribution in [0.2, 0.25) is 0 Å². The molecule has 0 aromatic heterocycles. The van der Waals surface area contributed by atoms with Gasteiger partial charge in [-0.25, -0.2) is 4.79 Å². The van der Waals surface area contributed by atoms with Crippen molar-refractivity contribution in [1.29, 1.82) is 5.26 Å². The van der Waals surface area contributed by atoms with Crippen LogP contribution in [0.15, 0.2) is 72.8 Å². The smallest absolute Gasteiger partial charge is 0.319 e. The highest BCUT2D eigenvalue weighted by Crippen LogP contribution is 2.17. The van der Waals surface area contributed by atoms with Crippen molar-refractivity contribution < 1.29 is 14.3 Å². The SMILES string of the molecule is COc1ccc(CNC(=O)Nc2cccc(COc3ccc(CC#N)cc3)c2)cc1. The third-order valence-corrected chi connectivity index (χ3v) is 4.41. The number of nitriles is 1. The van der Waals surface area contributed by atoms with E-state index in [1.165, 1.54) is 0 Å². The average molecular weight is 401 g/mol. The second-order valence-corrected chi connectivity index (χ2v) is 6.62. The van der Waals surface area contributed by atoms with Crippen molar-refractivity contribution in [2.45, 2.75) is 19.6 Å². The molecule has 30 heavy (non-hydrogen) atoms. The fraction of sp³-hybridized carbons (Fsp3) is 0.167. The lowest BCUT2D eigenvalue weighted by molar-refractivity contribution is 0.251. The van der Waals surface area contributed by atoms with E-state index in [9.17, 15) is 4.79 Å². The van der Waals surface area contributed by atoms with Gasteiger partial charge in [-0.2, -0.15) is 5.26 Å². The first kappa shape index (κ1) is 20.7. The molecular formula is C24H23N3O3. The van der Waals surface area contributed by atoms with Crippen molar-refractivity contribution >= 4 is 11.7 Å². The number of urea groups is 1. The first-order valence-electron chi connectivity index (χ1n) is 9.51. The molecule has 3 rings (SSSR count). The molecule has 2 amide bonds. The van der Waals surface area contributed by atoms with Crippen LogP contribution in [0.25, 0.3) is 0 Å². The van der Waals surface area contributed by atoms with Crippen LogP contribution in [0.4, 0.5) is 10.5 Å². The Morgan fingerprint density at radius 2 is 1.63 bits per heavy atom. The predicted octanol–water partition coefficient (Wildman–Crippen LogP) is 4.66. The maximum Gasteiger partial charge on any atom is 0.319 e. The normalized spacial score (nSPS) is 10.0. The second kappa shape index (κ2) is 10.5. The van der Waals surface area contributed by atoms with Crippen LogP contribution in [-0.4, -0.2) is 13.1 Å². The van der Waals surface area contributed by atoms with Gasteiger partial charge in [-0.05, 0) is 53.1 Å². The first-order chi connectivity index (χ1) is 14.7. The summed E-state index contributed by atoms with van der Waals surface area (Å²) in [6.45, 7) is 0.793. The number of ether oxygens (including phenoxy) is 2. The molecule has 0 aliphatic heterocycles. The summed E-state index contributed by atoms with van der Waals surface area (Å²) in [6, 6.07) is 24.3. The summed E-state index contributed by atoms with van der Waals surface area (Å²) < 4.78 is 10.9. The summed E-state index contributed by atoms with van der Waals surface area (Å²) in [5.41, 5.74) is 3.56. The third-order valence-electron chi connectivity index (χ3n) is 4.41. The van der Waals surface area contributed by atoms with Crippen LogP contribution in [0.3, 0.4) is 0 Å². The van der Waals surface area contributed by atoms with Crippen LogP contribution in [-0.2, 0) is 19.6 Å². The molecule has 6 nitrogen and oxygen atoms in total. The van der Waals surface area contributed by atoms with Crippen molar-refractivity contribution in [3.8, 4) is 17.6 Å². The number of nitrogens with one attached hydrogen (secondary N) is 2. The summed E-state index contributed by atoms with van der Waals surface area (Å²) in [5.74, 6) is 1.51. The monoisotopic (exact) mass is 401 g/mol. The van der Waals surface area contributed by atoms with E-state index in [2.05, 4.69) is 16.7 Å². The van der Waals surface area contributed by atoms with E-state index < -0.39 is 0 Å². The van der Waals surface area contributed by atoms with Gasteiger partial charge in [0.05, 0.1) is 19.6 Å². The number of anilines is 1. The Morgan fingerprint density at radius 1 is 0.933 bits per heavy atom. The number of benzene rings is 3. The average Bonchev–Trinajstić information content (AvgIpc) is 2.78. The molecule has 0 saturated heterocycles. The van der Waals surface area contributed by atoms with Gasteiger partial charge < -0.3 is 20.1 Å². The molecule has 3 aromatic carbocycles. The number of carbonyl (C=O) groups excluding carboxylic acids is 1. The summed E-state index contributed by atoms with van der Waals surface area (Å²) in [7, 11) is 1.62. The zero-order valence-corrected chi connectivity index (χ0v) is 16.7. The Kier molecular flexibility index (Phi) is 7.28. The highest BCUT2D eigenvalue weighted by molar-refractivity contribution is 5.89. The molecule has 0 bridgehead atoms. The van der Waals surface area contributed by atoms with Crippen molar-refractivity contribution in [3.05, 3.63) is 89.5 Å². The number of methoxy groups -OCH3 is 1. The minimum Gasteiger partial charge on any atom is -0.497 e. The number of nitrogens with zero attached hydrogens (tertiary/aromatic N) is 1. The predicted molar refractivity (Wildman–Crippen MR) is 115 cm³/mol. The zero-order valence-electron chi connectivity index (χ0n) is 16.7. The second-order valence-electron chi connectivity index (χ2n) is 6.62. The summed E-state index contributed by atoms with van der Waals surface area (Å²) in [6.07, 6.45) is 0.383. The van der Waals surface area contributed by atoms with E-state index in [-0.39, 0.29) is 6.03 Å². The van der Waals surface area contributed by atoms with Crippen LogP contribution in [0.5, 0.6) is 11.5 Å². The van der Waals surface area contributed by atoms with Gasteiger partial charge in [0.25, 0.3) is 0 Å². The Morgan fingerprint density at radius 3 is 2.33 bits per heavy atom. The number of hydrogen-bond acceptors (Lipinski definition) is 4. The van der Waals surface area contributed by atoms with E-state index in [0.29, 0.717) is 25.3 Å². The molecule has 0 fully saturated rings. The van der Waals surface area contributed by atoms with Gasteiger partial charge in [0, 0.05) is 12.2 Å².